The third kappa shape index (κ3) is 4.62. The summed E-state index contributed by atoms with van der Waals surface area (Å²) >= 11 is 5.89. The van der Waals surface area contributed by atoms with Crippen LogP contribution in [0.3, 0.4) is 0 Å². The number of amides is 2. The number of nitrogens with zero attached hydrogens (tertiary/aromatic N) is 1. The Labute approximate surface area is 184 Å². The predicted octanol–water partition coefficient (Wildman–Crippen LogP) is 4.29. The highest BCUT2D eigenvalue weighted by Gasteiger charge is 2.23. The van der Waals surface area contributed by atoms with Crippen LogP contribution in [0, 0.1) is 13.8 Å². The molecule has 0 aliphatic carbocycles. The Morgan fingerprint density at radius 2 is 1.97 bits per heavy atom. The van der Waals surface area contributed by atoms with E-state index >= 15 is 0 Å². The van der Waals surface area contributed by atoms with Gasteiger partial charge >= 0.3 is 0 Å². The molecule has 1 aromatic heterocycles. The molecule has 4 rings (SSSR count). The number of hydrogen-bond acceptors (Lipinski definition) is 5. The number of nitrogens with one attached hydrogen (secondary N) is 2. The molecule has 2 heterocycles. The summed E-state index contributed by atoms with van der Waals surface area (Å²) < 4.78 is 10.9. The normalized spacial score (nSPS) is 14.0. The van der Waals surface area contributed by atoms with E-state index in [9.17, 15) is 9.59 Å². The maximum atomic E-state index is 12.5. The minimum Gasteiger partial charge on any atom is -0.449 e. The summed E-state index contributed by atoms with van der Waals surface area (Å²) in [6.45, 7) is 4.16. The predicted molar refractivity (Wildman–Crippen MR) is 117 cm³/mol. The van der Waals surface area contributed by atoms with Crippen molar-refractivity contribution < 1.29 is 18.8 Å². The number of ether oxygens (including phenoxy) is 1. The number of anilines is 1. The number of aryl methyl sites for hydroxylation is 2. The van der Waals surface area contributed by atoms with Gasteiger partial charge in [-0.3, -0.25) is 9.59 Å². The van der Waals surface area contributed by atoms with Gasteiger partial charge in [0.15, 0.2) is 11.5 Å². The number of carbonyl (C=O) groups excluding carboxylic acids is 2. The molecule has 0 radical (unpaired) electrons. The molecule has 0 saturated heterocycles. The smallest absolute Gasteiger partial charge is 0.291 e. The van der Waals surface area contributed by atoms with Crippen molar-refractivity contribution in [3.8, 4) is 5.75 Å². The van der Waals surface area contributed by atoms with Gasteiger partial charge in [-0.25, -0.2) is 0 Å². The van der Waals surface area contributed by atoms with Gasteiger partial charge in [0.2, 0.25) is 0 Å². The molecule has 0 spiro atoms. The van der Waals surface area contributed by atoms with Crippen molar-refractivity contribution in [3.05, 3.63) is 81.4 Å². The summed E-state index contributed by atoms with van der Waals surface area (Å²) in [5.41, 5.74) is 3.46. The summed E-state index contributed by atoms with van der Waals surface area (Å²) in [6, 6.07) is 12.0. The fourth-order valence-corrected chi connectivity index (χ4v) is 3.40. The Kier molecular flexibility index (Phi) is 5.77. The standard InChI is InChI=1S/C23H20ClN3O4/c1-13-18(14(2)31-27-13)9-10-25-22(28)16-5-8-20-19(12-16)26-23(29)21(30-20)11-15-3-6-17(24)7-4-15/h3-8,11-12H,9-10H2,1-2H3,(H,25,28)(H,26,29). The molecule has 1 aliphatic rings. The second-order valence-electron chi connectivity index (χ2n) is 7.14. The van der Waals surface area contributed by atoms with Gasteiger partial charge in [0.25, 0.3) is 11.8 Å². The highest BCUT2D eigenvalue weighted by molar-refractivity contribution is 6.30. The number of fused-ring (bicyclic) bond motifs is 1. The molecule has 158 valence electrons. The van der Waals surface area contributed by atoms with Crippen LogP contribution in [-0.2, 0) is 11.2 Å². The molecule has 8 heteroatoms. The van der Waals surface area contributed by atoms with Gasteiger partial charge in [-0.15, -0.1) is 0 Å². The zero-order valence-corrected chi connectivity index (χ0v) is 17.7. The van der Waals surface area contributed by atoms with E-state index in [0.717, 1.165) is 22.6 Å². The molecule has 1 aliphatic heterocycles. The van der Waals surface area contributed by atoms with Crippen LogP contribution in [0.2, 0.25) is 5.02 Å². The van der Waals surface area contributed by atoms with Crippen molar-refractivity contribution >= 4 is 35.2 Å². The lowest BCUT2D eigenvalue weighted by molar-refractivity contribution is -0.115. The van der Waals surface area contributed by atoms with Crippen molar-refractivity contribution in [1.82, 2.24) is 10.5 Å². The monoisotopic (exact) mass is 437 g/mol. The number of rotatable bonds is 5. The molecule has 31 heavy (non-hydrogen) atoms. The summed E-state index contributed by atoms with van der Waals surface area (Å²) in [5.74, 6) is 0.742. The Bertz CT molecular complexity index is 1160. The van der Waals surface area contributed by atoms with Crippen LogP contribution >= 0.6 is 11.6 Å². The van der Waals surface area contributed by atoms with E-state index in [1.165, 1.54) is 0 Å². The third-order valence-electron chi connectivity index (χ3n) is 4.94. The quantitative estimate of drug-likeness (QED) is 0.581. The van der Waals surface area contributed by atoms with Crippen molar-refractivity contribution in [2.24, 2.45) is 0 Å². The molecular weight excluding hydrogens is 418 g/mol. The van der Waals surface area contributed by atoms with Gasteiger partial charge in [0.1, 0.15) is 5.76 Å². The van der Waals surface area contributed by atoms with Crippen molar-refractivity contribution in [3.63, 3.8) is 0 Å². The first-order chi connectivity index (χ1) is 14.9. The highest BCUT2D eigenvalue weighted by atomic mass is 35.5. The average molecular weight is 438 g/mol. The van der Waals surface area contributed by atoms with Crippen LogP contribution in [0.25, 0.3) is 6.08 Å². The summed E-state index contributed by atoms with van der Waals surface area (Å²) in [5, 5.41) is 10.2. The number of carbonyl (C=O) groups is 2. The molecule has 0 saturated carbocycles. The largest absolute Gasteiger partial charge is 0.449 e. The molecule has 2 N–H and O–H groups in total. The van der Waals surface area contributed by atoms with Gasteiger partial charge in [-0.05, 0) is 62.2 Å². The Morgan fingerprint density at radius 1 is 1.19 bits per heavy atom. The van der Waals surface area contributed by atoms with Crippen LogP contribution in [0.1, 0.15) is 32.9 Å². The van der Waals surface area contributed by atoms with Gasteiger partial charge in [-0.1, -0.05) is 28.9 Å². The average Bonchev–Trinajstić information content (AvgIpc) is 3.07. The summed E-state index contributed by atoms with van der Waals surface area (Å²) in [4.78, 5) is 24.9. The topological polar surface area (TPSA) is 93.5 Å². The first-order valence-electron chi connectivity index (χ1n) is 9.71. The van der Waals surface area contributed by atoms with E-state index in [2.05, 4.69) is 15.8 Å². The van der Waals surface area contributed by atoms with Gasteiger partial charge in [0.05, 0.1) is 11.4 Å². The lowest BCUT2D eigenvalue weighted by Gasteiger charge is -2.20. The second-order valence-corrected chi connectivity index (χ2v) is 7.57. The maximum absolute atomic E-state index is 12.5. The first kappa shape index (κ1) is 20.7. The van der Waals surface area contributed by atoms with Crippen molar-refractivity contribution in [2.75, 3.05) is 11.9 Å². The van der Waals surface area contributed by atoms with Crippen LogP contribution in [0.15, 0.2) is 52.7 Å². The minimum atomic E-state index is -0.390. The minimum absolute atomic E-state index is 0.159. The second kappa shape index (κ2) is 8.65. The maximum Gasteiger partial charge on any atom is 0.291 e. The third-order valence-corrected chi connectivity index (χ3v) is 5.20. The molecule has 2 amide bonds. The zero-order chi connectivity index (χ0) is 22.0. The molecule has 0 fully saturated rings. The van der Waals surface area contributed by atoms with Gasteiger partial charge in [0, 0.05) is 22.7 Å². The number of halogens is 1. The zero-order valence-electron chi connectivity index (χ0n) is 17.0. The SMILES string of the molecule is Cc1noc(C)c1CCNC(=O)c1ccc2c(c1)NC(=O)C(=Cc1ccc(Cl)cc1)O2. The van der Waals surface area contributed by atoms with E-state index in [1.54, 1.807) is 48.5 Å². The highest BCUT2D eigenvalue weighted by Crippen LogP contribution is 2.32. The van der Waals surface area contributed by atoms with Crippen LogP contribution in [0.5, 0.6) is 5.75 Å². The molecule has 2 aromatic carbocycles. The number of benzene rings is 2. The van der Waals surface area contributed by atoms with Gasteiger partial charge < -0.3 is 19.9 Å². The molecule has 0 bridgehead atoms. The number of aromatic nitrogens is 1. The van der Waals surface area contributed by atoms with Crippen molar-refractivity contribution in [2.45, 2.75) is 20.3 Å². The van der Waals surface area contributed by atoms with E-state index in [1.807, 2.05) is 13.8 Å². The molecule has 3 aromatic rings. The number of hydrogen-bond donors (Lipinski definition) is 2. The van der Waals surface area contributed by atoms with Crippen molar-refractivity contribution in [1.29, 1.82) is 0 Å². The van der Waals surface area contributed by atoms with Gasteiger partial charge in [-0.2, -0.15) is 0 Å². The fraction of sp³-hybridized carbons (Fsp3) is 0.174. The summed E-state index contributed by atoms with van der Waals surface area (Å²) in [6.07, 6.45) is 2.25. The molecule has 7 nitrogen and oxygen atoms in total. The lowest BCUT2D eigenvalue weighted by Crippen LogP contribution is -2.27. The Morgan fingerprint density at radius 3 is 2.68 bits per heavy atom. The van der Waals surface area contributed by atoms with Crippen LogP contribution in [0.4, 0.5) is 5.69 Å². The molecular formula is C23H20ClN3O4. The lowest BCUT2D eigenvalue weighted by atomic mass is 10.1. The molecule has 0 atom stereocenters. The summed E-state index contributed by atoms with van der Waals surface area (Å²) in [7, 11) is 0. The van der Waals surface area contributed by atoms with E-state index in [4.69, 9.17) is 20.9 Å². The van der Waals surface area contributed by atoms with E-state index < -0.39 is 5.91 Å². The Balaban J connectivity index is 1.43. The van der Waals surface area contributed by atoms with E-state index in [-0.39, 0.29) is 11.7 Å². The first-order valence-corrected chi connectivity index (χ1v) is 10.1. The van der Waals surface area contributed by atoms with Crippen LogP contribution < -0.4 is 15.4 Å². The van der Waals surface area contributed by atoms with E-state index in [0.29, 0.717) is 35.0 Å². The molecule has 0 unspecified atom stereocenters. The van der Waals surface area contributed by atoms with Crippen LogP contribution in [-0.4, -0.2) is 23.5 Å². The Hall–Kier alpha value is -3.58. The fourth-order valence-electron chi connectivity index (χ4n) is 3.27.